The molecule has 0 aromatic carbocycles. The molecule has 0 saturated carbocycles. The Bertz CT molecular complexity index is 882. The highest BCUT2D eigenvalue weighted by atomic mass is 16.7. The van der Waals surface area contributed by atoms with E-state index in [-0.39, 0.29) is 6.42 Å². The van der Waals surface area contributed by atoms with Crippen molar-refractivity contribution in [2.75, 3.05) is 13.2 Å². The topological polar surface area (TPSA) is 189 Å². The number of rotatable bonds is 39. The molecule has 0 aromatic heterocycles. The van der Waals surface area contributed by atoms with Crippen LogP contribution in [-0.2, 0) is 14.3 Å². The molecule has 0 aliphatic carbocycles. The van der Waals surface area contributed by atoms with Crippen LogP contribution in [0, 0.1) is 0 Å². The summed E-state index contributed by atoms with van der Waals surface area (Å²) in [6.07, 6.45) is 25.4. The summed E-state index contributed by atoms with van der Waals surface area (Å²) in [5.41, 5.74) is 0. The number of hydrogen-bond donors (Lipinski definition) is 8. The van der Waals surface area contributed by atoms with E-state index in [4.69, 9.17) is 9.47 Å². The Labute approximate surface area is 341 Å². The summed E-state index contributed by atoms with van der Waals surface area (Å²) in [7, 11) is 0. The minimum atomic E-state index is -1.65. The number of aliphatic hydroxyl groups excluding tert-OH is 7. The standard InChI is InChI=1S/C45H89NO10/c1-3-5-7-9-10-11-12-13-14-15-16-17-18-19-20-21-22-23-24-25-26-27-28-29-31-33-38(49)44(54)46-36(40(50)37(48)32-30-8-6-4-2)35-55-45-43(53)42(52)41(51)39(34-47)56-45/h36-43,45,47-53H,3-35H2,1-2H3,(H,46,54). The SMILES string of the molecule is CCCCCCCCCCCCCCCCCCCCCCCCCCCC(O)C(=O)NC(COC1OC(CO)C(O)C(O)C1O)C(O)C(O)CCCCCC. The second-order valence-electron chi connectivity index (χ2n) is 16.8. The van der Waals surface area contributed by atoms with Gasteiger partial charge in [0.05, 0.1) is 25.4 Å². The van der Waals surface area contributed by atoms with Gasteiger partial charge in [-0.1, -0.05) is 200 Å². The first-order chi connectivity index (χ1) is 27.2. The summed E-state index contributed by atoms with van der Waals surface area (Å²) < 4.78 is 11.0. The van der Waals surface area contributed by atoms with Gasteiger partial charge in [-0.25, -0.2) is 0 Å². The zero-order chi connectivity index (χ0) is 41.2. The molecule has 11 heteroatoms. The van der Waals surface area contributed by atoms with Crippen molar-refractivity contribution in [1.29, 1.82) is 0 Å². The highest BCUT2D eigenvalue weighted by Gasteiger charge is 2.44. The molecule has 8 N–H and O–H groups in total. The zero-order valence-electron chi connectivity index (χ0n) is 35.9. The summed E-state index contributed by atoms with van der Waals surface area (Å²) in [6.45, 7) is 3.30. The van der Waals surface area contributed by atoms with Crippen LogP contribution in [0.2, 0.25) is 0 Å². The first kappa shape index (κ1) is 53.1. The van der Waals surface area contributed by atoms with Crippen molar-refractivity contribution in [1.82, 2.24) is 5.32 Å². The number of amides is 1. The molecular formula is C45H89NO10. The lowest BCUT2D eigenvalue weighted by atomic mass is 9.98. The number of aliphatic hydroxyl groups is 7. The summed E-state index contributed by atoms with van der Waals surface area (Å²) in [4.78, 5) is 13.0. The van der Waals surface area contributed by atoms with E-state index in [1.54, 1.807) is 0 Å². The van der Waals surface area contributed by atoms with Gasteiger partial charge in [0.1, 0.15) is 36.6 Å². The molecule has 334 valence electrons. The van der Waals surface area contributed by atoms with E-state index in [2.05, 4.69) is 19.2 Å². The number of nitrogens with one attached hydrogen (secondary N) is 1. The largest absolute Gasteiger partial charge is 0.394 e. The molecule has 0 radical (unpaired) electrons. The first-order valence-electron chi connectivity index (χ1n) is 23.4. The van der Waals surface area contributed by atoms with Crippen molar-refractivity contribution in [2.24, 2.45) is 0 Å². The van der Waals surface area contributed by atoms with E-state index in [9.17, 15) is 40.5 Å². The van der Waals surface area contributed by atoms with Crippen LogP contribution in [0.25, 0.3) is 0 Å². The number of carbonyl (C=O) groups is 1. The predicted octanol–water partition coefficient (Wildman–Crippen LogP) is 7.50. The highest BCUT2D eigenvalue weighted by molar-refractivity contribution is 5.80. The fourth-order valence-electron chi connectivity index (χ4n) is 7.74. The van der Waals surface area contributed by atoms with Crippen LogP contribution >= 0.6 is 0 Å². The molecule has 9 unspecified atom stereocenters. The number of hydrogen-bond acceptors (Lipinski definition) is 10. The van der Waals surface area contributed by atoms with Crippen molar-refractivity contribution >= 4 is 5.91 Å². The molecule has 1 aliphatic rings. The average molecular weight is 804 g/mol. The van der Waals surface area contributed by atoms with E-state index in [0.29, 0.717) is 19.3 Å². The molecule has 0 bridgehead atoms. The Balaban J connectivity index is 2.18. The predicted molar refractivity (Wildman–Crippen MR) is 224 cm³/mol. The maximum Gasteiger partial charge on any atom is 0.249 e. The van der Waals surface area contributed by atoms with Crippen LogP contribution in [-0.4, -0.2) is 110 Å². The van der Waals surface area contributed by atoms with Crippen LogP contribution < -0.4 is 5.32 Å². The third-order valence-corrected chi connectivity index (χ3v) is 11.7. The lowest BCUT2D eigenvalue weighted by Gasteiger charge is -2.40. The van der Waals surface area contributed by atoms with E-state index in [0.717, 1.165) is 38.5 Å². The molecule has 1 fully saturated rings. The molecule has 11 nitrogen and oxygen atoms in total. The fraction of sp³-hybridized carbons (Fsp3) is 0.978. The van der Waals surface area contributed by atoms with Gasteiger partial charge in [-0.2, -0.15) is 0 Å². The minimum Gasteiger partial charge on any atom is -0.394 e. The van der Waals surface area contributed by atoms with Gasteiger partial charge in [0, 0.05) is 0 Å². The summed E-state index contributed by atoms with van der Waals surface area (Å²) in [5, 5.41) is 74.8. The number of unbranched alkanes of at least 4 members (excludes halogenated alkanes) is 27. The van der Waals surface area contributed by atoms with Gasteiger partial charge < -0.3 is 50.5 Å². The van der Waals surface area contributed by atoms with Crippen LogP contribution in [0.15, 0.2) is 0 Å². The fourth-order valence-corrected chi connectivity index (χ4v) is 7.74. The van der Waals surface area contributed by atoms with Crippen molar-refractivity contribution in [2.45, 2.75) is 268 Å². The van der Waals surface area contributed by atoms with Gasteiger partial charge >= 0.3 is 0 Å². The molecule has 9 atom stereocenters. The van der Waals surface area contributed by atoms with Crippen LogP contribution in [0.1, 0.15) is 213 Å². The van der Waals surface area contributed by atoms with Gasteiger partial charge in [-0.05, 0) is 12.8 Å². The Morgan fingerprint density at radius 3 is 1.34 bits per heavy atom. The molecule has 1 aliphatic heterocycles. The van der Waals surface area contributed by atoms with Gasteiger partial charge in [0.25, 0.3) is 0 Å². The molecule has 1 rings (SSSR count). The lowest BCUT2D eigenvalue weighted by Crippen LogP contribution is -2.60. The highest BCUT2D eigenvalue weighted by Crippen LogP contribution is 2.23. The summed E-state index contributed by atoms with van der Waals surface area (Å²) in [5.74, 6) is -0.700. The third-order valence-electron chi connectivity index (χ3n) is 11.7. The van der Waals surface area contributed by atoms with Gasteiger partial charge in [0.15, 0.2) is 6.29 Å². The Morgan fingerprint density at radius 2 is 0.929 bits per heavy atom. The third kappa shape index (κ3) is 25.6. The van der Waals surface area contributed by atoms with Gasteiger partial charge in [-0.15, -0.1) is 0 Å². The van der Waals surface area contributed by atoms with Crippen molar-refractivity contribution < 1.29 is 50.0 Å². The van der Waals surface area contributed by atoms with Crippen LogP contribution in [0.3, 0.4) is 0 Å². The maximum atomic E-state index is 13.0. The second kappa shape index (κ2) is 36.0. The number of ether oxygens (including phenoxy) is 2. The molecular weight excluding hydrogens is 714 g/mol. The zero-order valence-corrected chi connectivity index (χ0v) is 35.9. The Morgan fingerprint density at radius 1 is 0.554 bits per heavy atom. The minimum absolute atomic E-state index is 0.265. The molecule has 0 spiro atoms. The second-order valence-corrected chi connectivity index (χ2v) is 16.8. The smallest absolute Gasteiger partial charge is 0.249 e. The van der Waals surface area contributed by atoms with E-state index in [1.807, 2.05) is 0 Å². The van der Waals surface area contributed by atoms with Crippen LogP contribution in [0.5, 0.6) is 0 Å². The molecule has 56 heavy (non-hydrogen) atoms. The van der Waals surface area contributed by atoms with Crippen molar-refractivity contribution in [3.8, 4) is 0 Å². The molecule has 1 saturated heterocycles. The molecule has 1 amide bonds. The maximum absolute atomic E-state index is 13.0. The van der Waals surface area contributed by atoms with Crippen LogP contribution in [0.4, 0.5) is 0 Å². The monoisotopic (exact) mass is 804 g/mol. The van der Waals surface area contributed by atoms with Crippen molar-refractivity contribution in [3.05, 3.63) is 0 Å². The summed E-state index contributed by atoms with van der Waals surface area (Å²) >= 11 is 0. The van der Waals surface area contributed by atoms with Gasteiger partial charge in [-0.3, -0.25) is 4.79 Å². The Kier molecular flexibility index (Phi) is 34.2. The lowest BCUT2D eigenvalue weighted by molar-refractivity contribution is -0.303. The Hall–Kier alpha value is -0.890. The summed E-state index contributed by atoms with van der Waals surface area (Å²) in [6, 6.07) is -1.16. The first-order valence-corrected chi connectivity index (χ1v) is 23.4. The molecule has 0 aromatic rings. The van der Waals surface area contributed by atoms with E-state index < -0.39 is 74.2 Å². The van der Waals surface area contributed by atoms with Crippen molar-refractivity contribution in [3.63, 3.8) is 0 Å². The van der Waals surface area contributed by atoms with E-state index in [1.165, 1.54) is 135 Å². The quantitative estimate of drug-likeness (QED) is 0.0289. The van der Waals surface area contributed by atoms with Gasteiger partial charge in [0.2, 0.25) is 5.91 Å². The molecule has 1 heterocycles. The van der Waals surface area contributed by atoms with E-state index >= 15 is 0 Å². The average Bonchev–Trinajstić information content (AvgIpc) is 3.20. The number of carbonyl (C=O) groups excluding carboxylic acids is 1. The normalized spacial score (nSPS) is 22.2.